The summed E-state index contributed by atoms with van der Waals surface area (Å²) in [5.41, 5.74) is 0.363. The lowest BCUT2D eigenvalue weighted by molar-refractivity contribution is 0.107. The zero-order valence-electron chi connectivity index (χ0n) is 25.7. The number of phenols is 1. The third-order valence-electron chi connectivity index (χ3n) is 11.2. The summed E-state index contributed by atoms with van der Waals surface area (Å²) in [5, 5.41) is 12.2. The number of halogens is 3. The zero-order valence-corrected chi connectivity index (χ0v) is 25.7. The maximum absolute atomic E-state index is 16.9. The fourth-order valence-corrected chi connectivity index (χ4v) is 8.86. The number of alkyl halides is 1. The molecule has 5 atom stereocenters. The maximum Gasteiger partial charge on any atom is 0.319 e. The number of aromatic hydroxyl groups is 1. The first-order valence-electron chi connectivity index (χ1n) is 16.3. The van der Waals surface area contributed by atoms with E-state index in [-0.39, 0.29) is 29.6 Å². The molecule has 0 amide bonds. The third kappa shape index (κ3) is 4.62. The van der Waals surface area contributed by atoms with Gasteiger partial charge in [-0.3, -0.25) is 9.88 Å². The van der Waals surface area contributed by atoms with Crippen LogP contribution in [0.25, 0.3) is 32.9 Å². The number of ether oxygens (including phenoxy) is 1. The summed E-state index contributed by atoms with van der Waals surface area (Å²) in [4.78, 5) is 18.5. The minimum absolute atomic E-state index is 0.0248. The molecule has 5 heterocycles. The van der Waals surface area contributed by atoms with Gasteiger partial charge in [0.2, 0.25) is 0 Å². The molecule has 4 aromatic rings. The summed E-state index contributed by atoms with van der Waals surface area (Å²) in [5.74, 6) is 1.13. The molecular weight excluding hydrogens is 579 g/mol. The second-order valence-corrected chi connectivity index (χ2v) is 13.7. The molecule has 1 aliphatic carbocycles. The SMILES string of the molecule is CCc1c(F)ccc2cc(O)cc(-c3ncc4c(N5C[C@H]6CC[C@@H](C5)C6C)nc(OC[C@@]56CCCN5C[C@H](F)C6)nc4c3F)c12. The topological polar surface area (TPSA) is 74.6 Å². The van der Waals surface area contributed by atoms with Crippen LogP contribution in [0.15, 0.2) is 30.5 Å². The molecule has 7 nitrogen and oxygen atoms in total. The molecule has 4 aliphatic rings. The summed E-state index contributed by atoms with van der Waals surface area (Å²) in [6.45, 7) is 7.26. The number of anilines is 1. The number of aromatic nitrogens is 3. The Morgan fingerprint density at radius 3 is 2.67 bits per heavy atom. The molecule has 3 saturated heterocycles. The highest BCUT2D eigenvalue weighted by Gasteiger charge is 2.49. The van der Waals surface area contributed by atoms with E-state index in [0.717, 1.165) is 45.3 Å². The van der Waals surface area contributed by atoms with E-state index >= 15 is 4.39 Å². The lowest BCUT2D eigenvalue weighted by Crippen LogP contribution is -2.43. The molecule has 1 unspecified atom stereocenters. The molecule has 45 heavy (non-hydrogen) atoms. The van der Waals surface area contributed by atoms with Crippen molar-refractivity contribution in [1.82, 2.24) is 19.9 Å². The Kier molecular flexibility index (Phi) is 6.85. The van der Waals surface area contributed by atoms with Gasteiger partial charge < -0.3 is 14.7 Å². The Bertz CT molecular complexity index is 1810. The second kappa shape index (κ2) is 10.7. The Labute approximate surface area is 260 Å². The number of phenolic OH excluding ortho intramolecular Hbond substituents is 1. The number of aryl methyl sites for hydroxylation is 1. The lowest BCUT2D eigenvalue weighted by atomic mass is 9.87. The number of hydrogen-bond acceptors (Lipinski definition) is 7. The van der Waals surface area contributed by atoms with Crippen LogP contribution in [0.5, 0.6) is 11.8 Å². The third-order valence-corrected chi connectivity index (χ3v) is 11.2. The quantitative estimate of drug-likeness (QED) is 0.254. The average molecular weight is 618 g/mol. The second-order valence-electron chi connectivity index (χ2n) is 13.7. The summed E-state index contributed by atoms with van der Waals surface area (Å²) in [7, 11) is 0. The molecule has 2 aromatic heterocycles. The molecule has 2 bridgehead atoms. The van der Waals surface area contributed by atoms with E-state index in [9.17, 15) is 13.9 Å². The molecular formula is C35H38F3N5O2. The Balaban J connectivity index is 1.27. The van der Waals surface area contributed by atoms with E-state index < -0.39 is 23.3 Å². The van der Waals surface area contributed by atoms with E-state index in [1.807, 2.05) is 6.92 Å². The summed E-state index contributed by atoms with van der Waals surface area (Å²) in [6, 6.07) is 5.99. The predicted molar refractivity (Wildman–Crippen MR) is 167 cm³/mol. The normalized spacial score (nSPS) is 28.0. The van der Waals surface area contributed by atoms with Crippen LogP contribution in [-0.4, -0.2) is 69.5 Å². The van der Waals surface area contributed by atoms with Crippen molar-refractivity contribution in [2.75, 3.05) is 37.7 Å². The van der Waals surface area contributed by atoms with E-state index in [1.165, 1.54) is 12.1 Å². The molecule has 0 radical (unpaired) electrons. The van der Waals surface area contributed by atoms with Crippen LogP contribution in [0.3, 0.4) is 0 Å². The van der Waals surface area contributed by atoms with Crippen LogP contribution in [-0.2, 0) is 6.42 Å². The van der Waals surface area contributed by atoms with Crippen LogP contribution in [0, 0.1) is 29.4 Å². The maximum atomic E-state index is 16.9. The number of fused-ring (bicyclic) bond motifs is 5. The van der Waals surface area contributed by atoms with Crippen molar-refractivity contribution in [3.05, 3.63) is 47.7 Å². The van der Waals surface area contributed by atoms with Gasteiger partial charge in [-0.1, -0.05) is 19.9 Å². The van der Waals surface area contributed by atoms with Crippen LogP contribution < -0.4 is 9.64 Å². The molecule has 10 heteroatoms. The highest BCUT2D eigenvalue weighted by atomic mass is 19.1. The summed E-state index contributed by atoms with van der Waals surface area (Å²) in [6.07, 6.45) is 5.63. The number of nitrogens with zero attached hydrogens (tertiary/aromatic N) is 5. The van der Waals surface area contributed by atoms with Crippen molar-refractivity contribution in [2.24, 2.45) is 17.8 Å². The van der Waals surface area contributed by atoms with Gasteiger partial charge in [0.1, 0.15) is 41.4 Å². The zero-order chi connectivity index (χ0) is 31.0. The summed E-state index contributed by atoms with van der Waals surface area (Å²) >= 11 is 0. The molecule has 3 aliphatic heterocycles. The minimum Gasteiger partial charge on any atom is -0.508 e. The molecule has 8 rings (SSSR count). The fourth-order valence-electron chi connectivity index (χ4n) is 8.86. The first-order chi connectivity index (χ1) is 21.7. The number of piperidine rings is 1. The first kappa shape index (κ1) is 28.8. The van der Waals surface area contributed by atoms with Crippen molar-refractivity contribution in [3.8, 4) is 23.0 Å². The largest absolute Gasteiger partial charge is 0.508 e. The highest BCUT2D eigenvalue weighted by Crippen LogP contribution is 2.45. The van der Waals surface area contributed by atoms with Gasteiger partial charge in [-0.2, -0.15) is 9.97 Å². The van der Waals surface area contributed by atoms with Gasteiger partial charge >= 0.3 is 6.01 Å². The minimum atomic E-state index is -0.895. The van der Waals surface area contributed by atoms with Crippen molar-refractivity contribution < 1.29 is 23.0 Å². The number of pyridine rings is 1. The lowest BCUT2D eigenvalue weighted by Gasteiger charge is -2.37. The fraction of sp³-hybridized carbons (Fsp3) is 0.514. The number of benzene rings is 2. The molecule has 1 N–H and O–H groups in total. The molecule has 2 aromatic carbocycles. The summed E-state index contributed by atoms with van der Waals surface area (Å²) < 4.78 is 52.6. The molecule has 4 fully saturated rings. The predicted octanol–water partition coefficient (Wildman–Crippen LogP) is 6.83. The van der Waals surface area contributed by atoms with Crippen LogP contribution >= 0.6 is 0 Å². The smallest absolute Gasteiger partial charge is 0.319 e. The van der Waals surface area contributed by atoms with Crippen molar-refractivity contribution >= 4 is 27.5 Å². The Morgan fingerprint density at radius 1 is 1.09 bits per heavy atom. The standard InChI is InChI=1S/C35H38F3N5O2/c1-3-25-28(37)8-7-20-11-24(44)12-26(29(20)25)31-30(38)32-27(14-39-31)33(42-15-21-5-6-22(16-42)19(21)2)41-34(40-32)45-18-35-9-4-10-43(35)17-23(36)13-35/h7-8,11-12,14,19,21-23,44H,3-6,9-10,13,15-18H2,1-2H3/t19?,21-,22+,23-,35+/m1/s1. The molecule has 236 valence electrons. The molecule has 1 saturated carbocycles. The Hall–Kier alpha value is -3.66. The van der Waals surface area contributed by atoms with Crippen LogP contribution in [0.2, 0.25) is 0 Å². The monoisotopic (exact) mass is 617 g/mol. The van der Waals surface area contributed by atoms with Gasteiger partial charge in [0, 0.05) is 37.8 Å². The number of hydrogen-bond donors (Lipinski definition) is 1. The van der Waals surface area contributed by atoms with E-state index in [4.69, 9.17) is 9.72 Å². The van der Waals surface area contributed by atoms with Crippen molar-refractivity contribution in [1.29, 1.82) is 0 Å². The van der Waals surface area contributed by atoms with Gasteiger partial charge in [-0.25, -0.2) is 13.2 Å². The van der Waals surface area contributed by atoms with E-state index in [0.29, 0.717) is 70.2 Å². The van der Waals surface area contributed by atoms with Gasteiger partial charge in [0.25, 0.3) is 0 Å². The van der Waals surface area contributed by atoms with Gasteiger partial charge in [0.05, 0.1) is 10.9 Å². The molecule has 0 spiro atoms. The first-order valence-corrected chi connectivity index (χ1v) is 16.3. The van der Waals surface area contributed by atoms with Gasteiger partial charge in [-0.05, 0) is 90.9 Å². The van der Waals surface area contributed by atoms with E-state index in [1.54, 1.807) is 18.3 Å². The number of rotatable bonds is 6. The van der Waals surface area contributed by atoms with Crippen LogP contribution in [0.1, 0.15) is 51.5 Å². The van der Waals surface area contributed by atoms with Gasteiger partial charge in [-0.15, -0.1) is 0 Å². The van der Waals surface area contributed by atoms with Gasteiger partial charge in [0.15, 0.2) is 5.82 Å². The van der Waals surface area contributed by atoms with Crippen molar-refractivity contribution in [2.45, 2.75) is 64.1 Å². The van der Waals surface area contributed by atoms with Crippen molar-refractivity contribution in [3.63, 3.8) is 0 Å². The average Bonchev–Trinajstić information content (AvgIpc) is 3.60. The van der Waals surface area contributed by atoms with E-state index in [2.05, 4.69) is 26.7 Å². The van der Waals surface area contributed by atoms with Crippen LogP contribution in [0.4, 0.5) is 19.0 Å². The Morgan fingerprint density at radius 2 is 1.89 bits per heavy atom. The highest BCUT2D eigenvalue weighted by molar-refractivity contribution is 6.01.